The molecule has 2 heteroatoms. The van der Waals surface area contributed by atoms with E-state index in [1.807, 2.05) is 0 Å². The predicted octanol–water partition coefficient (Wildman–Crippen LogP) is 2.51. The zero-order chi connectivity index (χ0) is 11.8. The van der Waals surface area contributed by atoms with E-state index < -0.39 is 0 Å². The molecule has 1 heterocycles. The van der Waals surface area contributed by atoms with Gasteiger partial charge in [0.1, 0.15) is 5.75 Å². The number of aryl methyl sites for hydroxylation is 1. The second-order valence-corrected chi connectivity index (χ2v) is 5.17. The Morgan fingerprint density at radius 1 is 1.24 bits per heavy atom. The Morgan fingerprint density at radius 2 is 2.12 bits per heavy atom. The highest BCUT2D eigenvalue weighted by Gasteiger charge is 2.25. The monoisotopic (exact) mass is 229 g/mol. The third-order valence-corrected chi connectivity index (χ3v) is 3.65. The molecule has 3 rings (SSSR count). The predicted molar refractivity (Wildman–Crippen MR) is 70.5 cm³/mol. The van der Waals surface area contributed by atoms with E-state index in [9.17, 15) is 0 Å². The summed E-state index contributed by atoms with van der Waals surface area (Å²) in [5.41, 5.74) is 5.99. The van der Waals surface area contributed by atoms with Crippen LogP contribution in [0.15, 0.2) is 18.2 Å². The van der Waals surface area contributed by atoms with Crippen molar-refractivity contribution in [3.05, 3.63) is 34.9 Å². The molecule has 0 bridgehead atoms. The van der Waals surface area contributed by atoms with E-state index in [1.54, 1.807) is 0 Å². The van der Waals surface area contributed by atoms with Crippen molar-refractivity contribution < 1.29 is 4.74 Å². The number of likely N-dealkylation sites (N-methyl/N-ethyl adjacent to an activating group) is 1. The second-order valence-electron chi connectivity index (χ2n) is 5.17. The highest BCUT2D eigenvalue weighted by Crippen LogP contribution is 2.41. The van der Waals surface area contributed by atoms with Crippen molar-refractivity contribution in [2.45, 2.75) is 19.3 Å². The molecule has 0 fully saturated rings. The van der Waals surface area contributed by atoms with Crippen LogP contribution < -0.4 is 4.74 Å². The molecule has 0 amide bonds. The topological polar surface area (TPSA) is 12.5 Å². The van der Waals surface area contributed by atoms with E-state index in [0.29, 0.717) is 0 Å². The summed E-state index contributed by atoms with van der Waals surface area (Å²) in [6, 6.07) is 4.39. The van der Waals surface area contributed by atoms with Crippen molar-refractivity contribution in [2.24, 2.45) is 0 Å². The maximum Gasteiger partial charge on any atom is 0.123 e. The van der Waals surface area contributed by atoms with Gasteiger partial charge >= 0.3 is 0 Å². The van der Waals surface area contributed by atoms with Crippen molar-refractivity contribution in [3.8, 4) is 5.75 Å². The summed E-state index contributed by atoms with van der Waals surface area (Å²) in [6.45, 7) is 1.88. The average Bonchev–Trinajstić information content (AvgIpc) is 2.91. The first kappa shape index (κ1) is 10.8. The largest absolute Gasteiger partial charge is 0.493 e. The fraction of sp³-hybridized carbons (Fsp3) is 0.467. The van der Waals surface area contributed by atoms with Gasteiger partial charge in [0.25, 0.3) is 0 Å². The van der Waals surface area contributed by atoms with Gasteiger partial charge in [0.15, 0.2) is 0 Å². The molecule has 1 aromatic carbocycles. The molecular formula is C15H19NO. The van der Waals surface area contributed by atoms with Crippen LogP contribution >= 0.6 is 0 Å². The summed E-state index contributed by atoms with van der Waals surface area (Å²) in [4.78, 5) is 2.21. The van der Waals surface area contributed by atoms with Gasteiger partial charge < -0.3 is 9.64 Å². The summed E-state index contributed by atoms with van der Waals surface area (Å²) < 4.78 is 5.66. The quantitative estimate of drug-likeness (QED) is 0.772. The molecule has 1 aliphatic carbocycles. The maximum absolute atomic E-state index is 5.66. The van der Waals surface area contributed by atoms with Crippen LogP contribution in [0.2, 0.25) is 0 Å². The van der Waals surface area contributed by atoms with Crippen LogP contribution in [0.4, 0.5) is 0 Å². The third-order valence-electron chi connectivity index (χ3n) is 3.65. The van der Waals surface area contributed by atoms with E-state index in [4.69, 9.17) is 4.74 Å². The Hall–Kier alpha value is -1.28. The molecule has 0 atom stereocenters. The molecule has 0 saturated carbocycles. The Kier molecular flexibility index (Phi) is 2.67. The lowest BCUT2D eigenvalue weighted by atomic mass is 9.98. The minimum absolute atomic E-state index is 0.854. The molecule has 0 radical (unpaired) electrons. The number of hydrogen-bond donors (Lipinski definition) is 0. The van der Waals surface area contributed by atoms with Crippen LogP contribution in [0.3, 0.4) is 0 Å². The first-order valence-corrected chi connectivity index (χ1v) is 6.37. The van der Waals surface area contributed by atoms with Crippen molar-refractivity contribution in [2.75, 3.05) is 27.2 Å². The van der Waals surface area contributed by atoms with Crippen molar-refractivity contribution in [1.82, 2.24) is 4.90 Å². The Balaban J connectivity index is 2.01. The lowest BCUT2D eigenvalue weighted by molar-refractivity contribution is 0.357. The smallest absolute Gasteiger partial charge is 0.123 e. The van der Waals surface area contributed by atoms with Gasteiger partial charge in [0, 0.05) is 18.5 Å². The van der Waals surface area contributed by atoms with Crippen molar-refractivity contribution in [3.63, 3.8) is 0 Å². The summed E-state index contributed by atoms with van der Waals surface area (Å²) in [7, 11) is 4.23. The number of benzene rings is 1. The highest BCUT2D eigenvalue weighted by molar-refractivity contribution is 5.77. The molecule has 0 saturated heterocycles. The van der Waals surface area contributed by atoms with E-state index in [-0.39, 0.29) is 0 Å². The first-order chi connectivity index (χ1) is 8.25. The van der Waals surface area contributed by atoms with Crippen LogP contribution in [0.1, 0.15) is 23.1 Å². The zero-order valence-electron chi connectivity index (χ0n) is 10.6. The fourth-order valence-electron chi connectivity index (χ4n) is 2.82. The lowest BCUT2D eigenvalue weighted by Crippen LogP contribution is -2.11. The molecule has 90 valence electrons. The molecular weight excluding hydrogens is 210 g/mol. The van der Waals surface area contributed by atoms with Crippen LogP contribution in [-0.4, -0.2) is 32.1 Å². The molecule has 17 heavy (non-hydrogen) atoms. The van der Waals surface area contributed by atoms with Gasteiger partial charge in [-0.05, 0) is 49.7 Å². The summed E-state index contributed by atoms with van der Waals surface area (Å²) in [5, 5.41) is 0. The molecule has 0 N–H and O–H groups in total. The van der Waals surface area contributed by atoms with Crippen LogP contribution in [-0.2, 0) is 12.8 Å². The number of ether oxygens (including phenoxy) is 1. The minimum Gasteiger partial charge on any atom is -0.493 e. The van der Waals surface area contributed by atoms with E-state index in [1.165, 1.54) is 35.1 Å². The third kappa shape index (κ3) is 1.87. The van der Waals surface area contributed by atoms with E-state index in [2.05, 4.69) is 37.2 Å². The highest BCUT2D eigenvalue weighted by atomic mass is 16.5. The Labute approximate surface area is 103 Å². The van der Waals surface area contributed by atoms with Gasteiger partial charge in [-0.25, -0.2) is 0 Å². The van der Waals surface area contributed by atoms with Gasteiger partial charge in [0.05, 0.1) is 6.61 Å². The summed E-state index contributed by atoms with van der Waals surface area (Å²) in [6.07, 6.45) is 5.85. The van der Waals surface area contributed by atoms with Crippen LogP contribution in [0.25, 0.3) is 5.57 Å². The van der Waals surface area contributed by atoms with E-state index in [0.717, 1.165) is 25.3 Å². The van der Waals surface area contributed by atoms with Gasteiger partial charge in [-0.2, -0.15) is 0 Å². The van der Waals surface area contributed by atoms with Gasteiger partial charge in [0.2, 0.25) is 0 Å². The molecule has 2 aliphatic rings. The molecule has 0 spiro atoms. The van der Waals surface area contributed by atoms with Crippen LogP contribution in [0.5, 0.6) is 5.75 Å². The van der Waals surface area contributed by atoms with Crippen molar-refractivity contribution >= 4 is 5.57 Å². The van der Waals surface area contributed by atoms with Gasteiger partial charge in [-0.15, -0.1) is 0 Å². The van der Waals surface area contributed by atoms with Crippen molar-refractivity contribution in [1.29, 1.82) is 0 Å². The normalized spacial score (nSPS) is 19.6. The molecule has 2 nitrogen and oxygen atoms in total. The number of allylic oxidation sites excluding steroid dienone is 1. The Bertz CT molecular complexity index is 474. The average molecular weight is 229 g/mol. The lowest BCUT2D eigenvalue weighted by Gasteiger charge is -2.09. The zero-order valence-corrected chi connectivity index (χ0v) is 10.6. The summed E-state index contributed by atoms with van der Waals surface area (Å²) >= 11 is 0. The van der Waals surface area contributed by atoms with Gasteiger partial charge in [-0.1, -0.05) is 12.1 Å². The summed E-state index contributed by atoms with van der Waals surface area (Å²) in [5.74, 6) is 1.11. The fourth-order valence-corrected chi connectivity index (χ4v) is 2.82. The number of fused-ring (bicyclic) bond motifs is 3. The molecule has 0 aromatic heterocycles. The Morgan fingerprint density at radius 3 is 2.94 bits per heavy atom. The molecule has 1 aromatic rings. The molecule has 0 unspecified atom stereocenters. The minimum atomic E-state index is 0.854. The van der Waals surface area contributed by atoms with Gasteiger partial charge in [-0.3, -0.25) is 0 Å². The number of hydrogen-bond acceptors (Lipinski definition) is 2. The van der Waals surface area contributed by atoms with E-state index >= 15 is 0 Å². The SMILES string of the molecule is CN(C)C/C=C1\CCc2ccc3c(c21)CCO3. The number of rotatable bonds is 2. The number of nitrogens with zero attached hydrogens (tertiary/aromatic N) is 1. The maximum atomic E-state index is 5.66. The molecule has 1 aliphatic heterocycles. The van der Waals surface area contributed by atoms with Crippen LogP contribution in [0, 0.1) is 0 Å². The second kappa shape index (κ2) is 4.19. The standard InChI is InChI=1S/C15H19NO/c1-16(2)9-7-12-4-3-11-5-6-14-13(15(11)12)8-10-17-14/h5-7H,3-4,8-10H2,1-2H3/b12-7+. The first-order valence-electron chi connectivity index (χ1n) is 6.37.